The summed E-state index contributed by atoms with van der Waals surface area (Å²) in [6.07, 6.45) is -0.383. The van der Waals surface area contributed by atoms with Crippen LogP contribution in [0.2, 0.25) is 0 Å². The molecule has 0 fully saturated rings. The van der Waals surface area contributed by atoms with Crippen LogP contribution in [0.5, 0.6) is 0 Å². The van der Waals surface area contributed by atoms with Crippen LogP contribution in [0.25, 0.3) is 0 Å². The highest BCUT2D eigenvalue weighted by Crippen LogP contribution is 2.37. The number of anilines is 2. The molecular formula is C17H11F3N2O4S. The van der Waals surface area contributed by atoms with Gasteiger partial charge in [-0.3, -0.25) is 9.59 Å². The first-order valence-corrected chi connectivity index (χ1v) is 8.42. The largest absolute Gasteiger partial charge is 0.478 e. The third-order valence-corrected chi connectivity index (χ3v) is 4.99. The molecule has 0 aliphatic carbocycles. The number of carbonyl (C=O) groups excluding carboxylic acids is 2. The molecule has 1 heterocycles. The zero-order chi connectivity index (χ0) is 19.7. The Morgan fingerprint density at radius 2 is 1.89 bits per heavy atom. The average molecular weight is 396 g/mol. The van der Waals surface area contributed by atoms with Gasteiger partial charge in [0.25, 0.3) is 0 Å². The van der Waals surface area contributed by atoms with Crippen molar-refractivity contribution in [2.45, 2.75) is 16.6 Å². The van der Waals surface area contributed by atoms with Crippen molar-refractivity contribution >= 4 is 40.9 Å². The molecule has 140 valence electrons. The summed E-state index contributed by atoms with van der Waals surface area (Å²) in [6, 6.07) is 5.67. The van der Waals surface area contributed by atoms with Gasteiger partial charge in [-0.15, -0.1) is 11.8 Å². The fourth-order valence-electron chi connectivity index (χ4n) is 2.40. The maximum absolute atomic E-state index is 13.6. The summed E-state index contributed by atoms with van der Waals surface area (Å²) in [5.41, 5.74) is -0.114. The van der Waals surface area contributed by atoms with Crippen molar-refractivity contribution in [3.05, 3.63) is 53.3 Å². The first-order chi connectivity index (χ1) is 12.8. The molecule has 1 aliphatic heterocycles. The molecule has 2 aromatic carbocycles. The maximum atomic E-state index is 13.6. The molecule has 1 atom stereocenters. The van der Waals surface area contributed by atoms with E-state index in [4.69, 9.17) is 5.11 Å². The second kappa shape index (κ2) is 7.31. The third-order valence-electron chi connectivity index (χ3n) is 3.73. The molecule has 0 bridgehead atoms. The molecular weight excluding hydrogens is 385 g/mol. The predicted octanol–water partition coefficient (Wildman–Crippen LogP) is 3.24. The van der Waals surface area contributed by atoms with Crippen LogP contribution in [0.3, 0.4) is 0 Å². The molecule has 0 radical (unpaired) electrons. The number of carboxylic acids is 1. The monoisotopic (exact) mass is 396 g/mol. The van der Waals surface area contributed by atoms with E-state index in [-0.39, 0.29) is 12.0 Å². The first kappa shape index (κ1) is 18.8. The summed E-state index contributed by atoms with van der Waals surface area (Å²) in [5.74, 6) is -7.06. The van der Waals surface area contributed by atoms with Gasteiger partial charge in [0, 0.05) is 11.3 Å². The van der Waals surface area contributed by atoms with Gasteiger partial charge in [-0.1, -0.05) is 0 Å². The van der Waals surface area contributed by atoms with Crippen LogP contribution in [0.1, 0.15) is 16.8 Å². The van der Waals surface area contributed by atoms with Crippen LogP contribution in [0.15, 0.2) is 35.2 Å². The van der Waals surface area contributed by atoms with Gasteiger partial charge in [-0.05, 0) is 30.3 Å². The van der Waals surface area contributed by atoms with Crippen LogP contribution in [-0.4, -0.2) is 28.1 Å². The summed E-state index contributed by atoms with van der Waals surface area (Å²) in [5, 5.41) is 12.8. The summed E-state index contributed by atoms with van der Waals surface area (Å²) in [4.78, 5) is 35.7. The number of benzene rings is 2. The lowest BCUT2D eigenvalue weighted by Crippen LogP contribution is -2.32. The Kier molecular flexibility index (Phi) is 5.08. The Morgan fingerprint density at radius 1 is 1.15 bits per heavy atom. The van der Waals surface area contributed by atoms with E-state index in [1.54, 1.807) is 0 Å². The lowest BCUT2D eigenvalue weighted by atomic mass is 10.2. The SMILES string of the molecule is O=C(C[C@H]1Sc2cc(C(=O)O)ccc2NC1=O)Nc1ccc(F)c(F)c1F. The van der Waals surface area contributed by atoms with Crippen LogP contribution in [-0.2, 0) is 9.59 Å². The first-order valence-electron chi connectivity index (χ1n) is 7.54. The highest BCUT2D eigenvalue weighted by molar-refractivity contribution is 8.01. The molecule has 0 spiro atoms. The molecule has 0 saturated carbocycles. The van der Waals surface area contributed by atoms with Crippen molar-refractivity contribution in [1.29, 1.82) is 0 Å². The van der Waals surface area contributed by atoms with Gasteiger partial charge in [-0.2, -0.15) is 0 Å². The maximum Gasteiger partial charge on any atom is 0.335 e. The molecule has 2 amide bonds. The molecule has 10 heteroatoms. The zero-order valence-corrected chi connectivity index (χ0v) is 14.2. The highest BCUT2D eigenvalue weighted by Gasteiger charge is 2.30. The Labute approximate surface area is 154 Å². The second-order valence-electron chi connectivity index (χ2n) is 5.59. The molecule has 0 saturated heterocycles. The van der Waals surface area contributed by atoms with E-state index in [0.717, 1.165) is 17.8 Å². The van der Waals surface area contributed by atoms with Crippen molar-refractivity contribution in [2.24, 2.45) is 0 Å². The number of fused-ring (bicyclic) bond motifs is 1. The minimum atomic E-state index is -1.72. The molecule has 0 unspecified atom stereocenters. The minimum Gasteiger partial charge on any atom is -0.478 e. The number of amides is 2. The Bertz CT molecular complexity index is 967. The summed E-state index contributed by atoms with van der Waals surface area (Å²) in [7, 11) is 0. The highest BCUT2D eigenvalue weighted by atomic mass is 32.2. The number of carbonyl (C=O) groups is 3. The lowest BCUT2D eigenvalue weighted by molar-refractivity contribution is -0.120. The smallest absolute Gasteiger partial charge is 0.335 e. The van der Waals surface area contributed by atoms with Crippen LogP contribution in [0, 0.1) is 17.5 Å². The fourth-order valence-corrected chi connectivity index (χ4v) is 3.55. The number of hydrogen-bond acceptors (Lipinski definition) is 4. The van der Waals surface area contributed by atoms with Gasteiger partial charge >= 0.3 is 5.97 Å². The summed E-state index contributed by atoms with van der Waals surface area (Å²) < 4.78 is 39.8. The number of thioether (sulfide) groups is 1. The van der Waals surface area contributed by atoms with Crippen molar-refractivity contribution in [2.75, 3.05) is 10.6 Å². The van der Waals surface area contributed by atoms with E-state index in [2.05, 4.69) is 10.6 Å². The van der Waals surface area contributed by atoms with E-state index < -0.39 is 46.2 Å². The minimum absolute atomic E-state index is 0.0180. The normalized spacial score (nSPS) is 15.7. The second-order valence-corrected chi connectivity index (χ2v) is 6.83. The fraction of sp³-hybridized carbons (Fsp3) is 0.118. The average Bonchev–Trinajstić information content (AvgIpc) is 2.62. The summed E-state index contributed by atoms with van der Waals surface area (Å²) >= 11 is 0.981. The van der Waals surface area contributed by atoms with Gasteiger partial charge in [-0.25, -0.2) is 18.0 Å². The predicted molar refractivity (Wildman–Crippen MR) is 91.2 cm³/mol. The van der Waals surface area contributed by atoms with Gasteiger partial charge in [0.2, 0.25) is 11.8 Å². The lowest BCUT2D eigenvalue weighted by Gasteiger charge is -2.24. The number of halogens is 3. The Balaban J connectivity index is 1.73. The number of rotatable bonds is 4. The quantitative estimate of drug-likeness (QED) is 0.690. The zero-order valence-electron chi connectivity index (χ0n) is 13.4. The standard InChI is InChI=1S/C17H11F3N2O4S/c18-8-2-4-10(15(20)14(8)19)21-13(23)6-12-16(24)22-9-3-1-7(17(25)26)5-11(9)27-12/h1-5,12H,6H2,(H,21,23)(H,22,24)(H,25,26)/t12-/m1/s1. The van der Waals surface area contributed by atoms with Gasteiger partial charge in [0.05, 0.1) is 22.2 Å². The van der Waals surface area contributed by atoms with E-state index in [1.165, 1.54) is 18.2 Å². The molecule has 2 aromatic rings. The number of nitrogens with one attached hydrogen (secondary N) is 2. The number of carboxylic acid groups (broad SMARTS) is 1. The Hall–Kier alpha value is -3.01. The molecule has 6 nitrogen and oxygen atoms in total. The topological polar surface area (TPSA) is 95.5 Å². The van der Waals surface area contributed by atoms with Crippen molar-refractivity contribution < 1.29 is 32.7 Å². The van der Waals surface area contributed by atoms with Gasteiger partial charge in [0.15, 0.2) is 17.5 Å². The van der Waals surface area contributed by atoms with Gasteiger partial charge in [0.1, 0.15) is 0 Å². The van der Waals surface area contributed by atoms with Crippen LogP contribution in [0.4, 0.5) is 24.5 Å². The molecule has 3 N–H and O–H groups in total. The van der Waals surface area contributed by atoms with E-state index in [1.807, 2.05) is 0 Å². The molecule has 0 aromatic heterocycles. The van der Waals surface area contributed by atoms with Crippen molar-refractivity contribution in [1.82, 2.24) is 0 Å². The van der Waals surface area contributed by atoms with Crippen molar-refractivity contribution in [3.63, 3.8) is 0 Å². The van der Waals surface area contributed by atoms with Crippen LogP contribution >= 0.6 is 11.8 Å². The summed E-state index contributed by atoms with van der Waals surface area (Å²) in [6.45, 7) is 0. The van der Waals surface area contributed by atoms with Crippen molar-refractivity contribution in [3.8, 4) is 0 Å². The van der Waals surface area contributed by atoms with Gasteiger partial charge < -0.3 is 15.7 Å². The van der Waals surface area contributed by atoms with E-state index in [0.29, 0.717) is 16.6 Å². The number of aromatic carboxylic acids is 1. The van der Waals surface area contributed by atoms with Crippen LogP contribution < -0.4 is 10.6 Å². The Morgan fingerprint density at radius 3 is 2.59 bits per heavy atom. The molecule has 1 aliphatic rings. The van der Waals surface area contributed by atoms with E-state index in [9.17, 15) is 27.6 Å². The molecule has 3 rings (SSSR count). The third kappa shape index (κ3) is 3.90. The van der Waals surface area contributed by atoms with E-state index >= 15 is 0 Å². The molecule has 27 heavy (non-hydrogen) atoms. The number of hydrogen-bond donors (Lipinski definition) is 3.